The molecule has 4 rings (SSSR count). The maximum absolute atomic E-state index is 13.1. The second-order valence-corrected chi connectivity index (χ2v) is 8.37. The molecule has 0 bridgehead atoms. The van der Waals surface area contributed by atoms with Gasteiger partial charge in [-0.3, -0.25) is 14.5 Å². The minimum Gasteiger partial charge on any atom is -0.507 e. The predicted octanol–water partition coefficient (Wildman–Crippen LogP) is 6.24. The number of aliphatic hydroxyl groups excluding tert-OH is 1. The number of nitrogens with zero attached hydrogens (tertiary/aromatic N) is 1. The molecular weight excluding hydrogens is 433 g/mol. The first-order valence-corrected chi connectivity index (χ1v) is 10.4. The lowest BCUT2D eigenvalue weighted by atomic mass is 9.94. The second-order valence-electron chi connectivity index (χ2n) is 7.55. The molecule has 0 radical (unpaired) electrons. The van der Waals surface area contributed by atoms with Crippen LogP contribution < -0.4 is 4.90 Å². The number of aliphatic hydroxyl groups is 1. The van der Waals surface area contributed by atoms with Crippen LogP contribution in [0.15, 0.2) is 72.3 Å². The summed E-state index contributed by atoms with van der Waals surface area (Å²) in [5.41, 5.74) is 3.56. The van der Waals surface area contributed by atoms with Crippen LogP contribution in [0.2, 0.25) is 10.0 Å². The van der Waals surface area contributed by atoms with E-state index in [1.807, 2.05) is 56.3 Å². The van der Waals surface area contributed by atoms with Gasteiger partial charge in [0, 0.05) is 11.3 Å². The third kappa shape index (κ3) is 3.85. The van der Waals surface area contributed by atoms with Gasteiger partial charge < -0.3 is 5.11 Å². The first-order valence-electron chi connectivity index (χ1n) is 9.67. The number of carbonyl (C=O) groups excluding carboxylic acids is 2. The standard InChI is InChI=1S/C25H19Cl2NO3/c1-14-5-3-7-16(11-14)22-21(23(29)17-9-10-19(26)20(27)13-17)24(30)25(31)28(22)18-8-4-6-15(2)12-18/h3-13,22,29H,1-2H3/b23-21-. The summed E-state index contributed by atoms with van der Waals surface area (Å²) in [5.74, 6) is -1.74. The number of halogens is 2. The molecule has 1 unspecified atom stereocenters. The summed E-state index contributed by atoms with van der Waals surface area (Å²) >= 11 is 12.1. The number of Topliss-reactive ketones (excluding diaryl/α,β-unsaturated/α-hetero) is 1. The summed E-state index contributed by atoms with van der Waals surface area (Å²) in [4.78, 5) is 27.7. The van der Waals surface area contributed by atoms with E-state index < -0.39 is 17.7 Å². The molecule has 1 amide bonds. The van der Waals surface area contributed by atoms with Crippen molar-refractivity contribution in [2.75, 3.05) is 4.90 Å². The number of aryl methyl sites for hydroxylation is 2. The molecule has 1 N–H and O–H groups in total. The van der Waals surface area contributed by atoms with Crippen LogP contribution in [0.25, 0.3) is 5.76 Å². The minimum absolute atomic E-state index is 0.00972. The maximum atomic E-state index is 13.1. The van der Waals surface area contributed by atoms with Crippen molar-refractivity contribution in [2.45, 2.75) is 19.9 Å². The Morgan fingerprint density at radius 2 is 1.55 bits per heavy atom. The number of rotatable bonds is 3. The van der Waals surface area contributed by atoms with E-state index in [4.69, 9.17) is 23.2 Å². The highest BCUT2D eigenvalue weighted by atomic mass is 35.5. The van der Waals surface area contributed by atoms with E-state index in [9.17, 15) is 14.7 Å². The van der Waals surface area contributed by atoms with Crippen molar-refractivity contribution >= 4 is 46.3 Å². The molecule has 1 heterocycles. The Balaban J connectivity index is 1.97. The smallest absolute Gasteiger partial charge is 0.300 e. The molecule has 1 fully saturated rings. The van der Waals surface area contributed by atoms with Crippen LogP contribution in [-0.4, -0.2) is 16.8 Å². The molecule has 0 saturated carbocycles. The van der Waals surface area contributed by atoms with Crippen molar-refractivity contribution in [3.63, 3.8) is 0 Å². The van der Waals surface area contributed by atoms with Gasteiger partial charge in [-0.15, -0.1) is 0 Å². The monoisotopic (exact) mass is 451 g/mol. The van der Waals surface area contributed by atoms with E-state index in [2.05, 4.69) is 0 Å². The zero-order valence-electron chi connectivity index (χ0n) is 16.9. The maximum Gasteiger partial charge on any atom is 0.300 e. The molecule has 156 valence electrons. The zero-order chi connectivity index (χ0) is 22.3. The van der Waals surface area contributed by atoms with Crippen LogP contribution in [0.4, 0.5) is 5.69 Å². The van der Waals surface area contributed by atoms with Crippen molar-refractivity contribution in [3.8, 4) is 0 Å². The predicted molar refractivity (Wildman–Crippen MR) is 124 cm³/mol. The van der Waals surface area contributed by atoms with Crippen molar-refractivity contribution in [3.05, 3.63) is 105 Å². The third-order valence-electron chi connectivity index (χ3n) is 5.28. The van der Waals surface area contributed by atoms with E-state index in [0.717, 1.165) is 16.7 Å². The number of anilines is 1. The van der Waals surface area contributed by atoms with Gasteiger partial charge in [-0.2, -0.15) is 0 Å². The van der Waals surface area contributed by atoms with Crippen molar-refractivity contribution in [1.82, 2.24) is 0 Å². The van der Waals surface area contributed by atoms with E-state index >= 15 is 0 Å². The average Bonchev–Trinajstić information content (AvgIpc) is 3.00. The van der Waals surface area contributed by atoms with Crippen LogP contribution in [0, 0.1) is 13.8 Å². The van der Waals surface area contributed by atoms with Crippen molar-refractivity contribution < 1.29 is 14.7 Å². The van der Waals surface area contributed by atoms with Gasteiger partial charge in [0.2, 0.25) is 0 Å². The number of carbonyl (C=O) groups is 2. The summed E-state index contributed by atoms with van der Waals surface area (Å²) < 4.78 is 0. The van der Waals surface area contributed by atoms with Crippen molar-refractivity contribution in [2.24, 2.45) is 0 Å². The first kappa shape index (κ1) is 21.2. The molecule has 1 aliphatic heterocycles. The highest BCUT2D eigenvalue weighted by Gasteiger charge is 2.47. The van der Waals surface area contributed by atoms with E-state index in [1.54, 1.807) is 12.1 Å². The molecule has 0 aromatic heterocycles. The Morgan fingerprint density at radius 3 is 2.19 bits per heavy atom. The molecule has 4 nitrogen and oxygen atoms in total. The van der Waals surface area contributed by atoms with Gasteiger partial charge in [0.15, 0.2) is 0 Å². The molecule has 0 spiro atoms. The lowest BCUT2D eigenvalue weighted by Crippen LogP contribution is -2.29. The molecule has 1 atom stereocenters. The van der Waals surface area contributed by atoms with Gasteiger partial charge >= 0.3 is 0 Å². The molecule has 0 aliphatic carbocycles. The molecule has 31 heavy (non-hydrogen) atoms. The van der Waals surface area contributed by atoms with Crippen LogP contribution >= 0.6 is 23.2 Å². The van der Waals surface area contributed by atoms with E-state index in [-0.39, 0.29) is 16.4 Å². The number of hydrogen-bond donors (Lipinski definition) is 1. The minimum atomic E-state index is -0.781. The Kier molecular flexibility index (Phi) is 5.61. The van der Waals surface area contributed by atoms with Gasteiger partial charge in [-0.05, 0) is 55.3 Å². The van der Waals surface area contributed by atoms with Crippen LogP contribution in [0.3, 0.4) is 0 Å². The summed E-state index contributed by atoms with van der Waals surface area (Å²) in [6.07, 6.45) is 0. The number of ketones is 1. The Bertz CT molecular complexity index is 1250. The fourth-order valence-electron chi connectivity index (χ4n) is 3.83. The van der Waals surface area contributed by atoms with E-state index in [0.29, 0.717) is 16.3 Å². The quantitative estimate of drug-likeness (QED) is 0.291. The molecule has 3 aromatic carbocycles. The number of amides is 1. The lowest BCUT2D eigenvalue weighted by Gasteiger charge is -2.26. The summed E-state index contributed by atoms with van der Waals surface area (Å²) in [6.45, 7) is 3.85. The Labute approximate surface area is 190 Å². The highest BCUT2D eigenvalue weighted by Crippen LogP contribution is 2.42. The van der Waals surface area contributed by atoms with Gasteiger partial charge in [0.25, 0.3) is 11.7 Å². The average molecular weight is 452 g/mol. The summed E-state index contributed by atoms with van der Waals surface area (Å²) in [5, 5.41) is 11.7. The summed E-state index contributed by atoms with van der Waals surface area (Å²) in [6, 6.07) is 18.7. The second kappa shape index (κ2) is 8.22. The lowest BCUT2D eigenvalue weighted by molar-refractivity contribution is -0.132. The molecule has 1 aliphatic rings. The fraction of sp³-hybridized carbons (Fsp3) is 0.120. The zero-order valence-corrected chi connectivity index (χ0v) is 18.4. The SMILES string of the molecule is Cc1cccc(C2/C(=C(/O)c3ccc(Cl)c(Cl)c3)C(=O)C(=O)N2c2cccc(C)c2)c1. The molecular formula is C25H19Cl2NO3. The van der Waals surface area contributed by atoms with Gasteiger partial charge in [-0.25, -0.2) is 0 Å². The Morgan fingerprint density at radius 1 is 0.871 bits per heavy atom. The number of hydrogen-bond acceptors (Lipinski definition) is 3. The largest absolute Gasteiger partial charge is 0.507 e. The first-order chi connectivity index (χ1) is 14.8. The molecule has 3 aromatic rings. The third-order valence-corrected chi connectivity index (χ3v) is 6.01. The molecule has 1 saturated heterocycles. The van der Waals surface area contributed by atoms with Crippen LogP contribution in [0.1, 0.15) is 28.3 Å². The van der Waals surface area contributed by atoms with Gasteiger partial charge in [-0.1, -0.05) is 65.2 Å². The topological polar surface area (TPSA) is 57.6 Å². The summed E-state index contributed by atoms with van der Waals surface area (Å²) in [7, 11) is 0. The van der Waals surface area contributed by atoms with Crippen LogP contribution in [0.5, 0.6) is 0 Å². The van der Waals surface area contributed by atoms with Crippen molar-refractivity contribution in [1.29, 1.82) is 0 Å². The van der Waals surface area contributed by atoms with E-state index in [1.165, 1.54) is 17.0 Å². The highest BCUT2D eigenvalue weighted by molar-refractivity contribution is 6.51. The fourth-order valence-corrected chi connectivity index (χ4v) is 4.13. The number of benzene rings is 3. The Hall–Kier alpha value is -3.08. The molecule has 6 heteroatoms. The van der Waals surface area contributed by atoms with Crippen LogP contribution in [-0.2, 0) is 9.59 Å². The normalized spacial score (nSPS) is 17.9. The van der Waals surface area contributed by atoms with Gasteiger partial charge in [0.1, 0.15) is 5.76 Å². The van der Waals surface area contributed by atoms with Gasteiger partial charge in [0.05, 0.1) is 21.7 Å².